The van der Waals surface area contributed by atoms with Gasteiger partial charge in [-0.1, -0.05) is 17.8 Å². The summed E-state index contributed by atoms with van der Waals surface area (Å²) < 4.78 is 37.4. The largest absolute Gasteiger partial charge is 0.416 e. The molecule has 0 aliphatic heterocycles. The maximum Gasteiger partial charge on any atom is 0.416 e. The van der Waals surface area contributed by atoms with Crippen LogP contribution < -0.4 is 5.73 Å². The minimum atomic E-state index is -4.35. The lowest BCUT2D eigenvalue weighted by atomic mass is 10.2. The maximum atomic E-state index is 12.5. The molecule has 2 aromatic carbocycles. The Morgan fingerprint density at radius 1 is 1.05 bits per heavy atom. The number of hydrogen-bond acceptors (Lipinski definition) is 3. The van der Waals surface area contributed by atoms with Gasteiger partial charge in [0.2, 0.25) is 0 Å². The second-order valence-corrected chi connectivity index (χ2v) is 5.07. The molecule has 2 N–H and O–H groups in total. The first-order chi connectivity index (χ1) is 9.41. The number of nitrogen functional groups attached to an aromatic ring is 1. The molecule has 2 aromatic rings. The van der Waals surface area contributed by atoms with Gasteiger partial charge < -0.3 is 5.73 Å². The molecule has 0 aromatic heterocycles. The van der Waals surface area contributed by atoms with Crippen LogP contribution in [-0.2, 0) is 6.18 Å². The number of nitrogens with zero attached hydrogens (tertiary/aromatic N) is 1. The Kier molecular flexibility index (Phi) is 3.91. The van der Waals surface area contributed by atoms with Gasteiger partial charge in [0.15, 0.2) is 0 Å². The highest BCUT2D eigenvalue weighted by Gasteiger charge is 2.29. The van der Waals surface area contributed by atoms with Crippen molar-refractivity contribution < 1.29 is 13.2 Å². The first-order valence-electron chi connectivity index (χ1n) is 5.55. The first kappa shape index (κ1) is 14.3. The number of anilines is 1. The summed E-state index contributed by atoms with van der Waals surface area (Å²) in [4.78, 5) is 1.23. The number of halogens is 3. The van der Waals surface area contributed by atoms with Crippen molar-refractivity contribution in [2.45, 2.75) is 16.0 Å². The highest BCUT2D eigenvalue weighted by atomic mass is 32.2. The Morgan fingerprint density at radius 2 is 1.70 bits per heavy atom. The lowest BCUT2D eigenvalue weighted by molar-refractivity contribution is -0.137. The van der Waals surface area contributed by atoms with Crippen LogP contribution in [0.2, 0.25) is 0 Å². The van der Waals surface area contributed by atoms with Gasteiger partial charge in [-0.25, -0.2) is 0 Å². The molecule has 0 radical (unpaired) electrons. The van der Waals surface area contributed by atoms with E-state index < -0.39 is 11.7 Å². The minimum absolute atomic E-state index is 0.331. The number of rotatable bonds is 2. The van der Waals surface area contributed by atoms with E-state index in [9.17, 15) is 13.2 Å². The molecule has 20 heavy (non-hydrogen) atoms. The molecule has 6 heteroatoms. The summed E-state index contributed by atoms with van der Waals surface area (Å²) in [6, 6.07) is 11.8. The van der Waals surface area contributed by atoms with E-state index in [2.05, 4.69) is 0 Å². The van der Waals surface area contributed by atoms with Crippen molar-refractivity contribution in [3.05, 3.63) is 53.6 Å². The quantitative estimate of drug-likeness (QED) is 0.840. The Balaban J connectivity index is 2.28. The Labute approximate surface area is 118 Å². The van der Waals surface area contributed by atoms with Crippen molar-refractivity contribution in [2.75, 3.05) is 5.73 Å². The molecule has 0 atom stereocenters. The van der Waals surface area contributed by atoms with E-state index in [1.54, 1.807) is 18.2 Å². The van der Waals surface area contributed by atoms with Gasteiger partial charge in [-0.05, 0) is 36.4 Å². The molecular formula is C14H9F3N2S. The average molecular weight is 294 g/mol. The Hall–Kier alpha value is -2.13. The highest BCUT2D eigenvalue weighted by molar-refractivity contribution is 7.99. The van der Waals surface area contributed by atoms with Gasteiger partial charge in [-0.15, -0.1) is 0 Å². The van der Waals surface area contributed by atoms with Gasteiger partial charge in [0.05, 0.1) is 16.8 Å². The smallest absolute Gasteiger partial charge is 0.398 e. The van der Waals surface area contributed by atoms with Gasteiger partial charge in [-0.3, -0.25) is 0 Å². The fourth-order valence-electron chi connectivity index (χ4n) is 1.59. The molecule has 102 valence electrons. The molecule has 0 spiro atoms. The van der Waals surface area contributed by atoms with Crippen LogP contribution in [0.15, 0.2) is 52.3 Å². The van der Waals surface area contributed by atoms with Crippen molar-refractivity contribution in [1.29, 1.82) is 5.26 Å². The second-order valence-electron chi connectivity index (χ2n) is 3.96. The molecule has 0 fully saturated rings. The topological polar surface area (TPSA) is 49.8 Å². The predicted molar refractivity (Wildman–Crippen MR) is 71.1 cm³/mol. The predicted octanol–water partition coefficient (Wildman–Crippen LogP) is 4.31. The van der Waals surface area contributed by atoms with Crippen LogP contribution in [0.3, 0.4) is 0 Å². The third-order valence-electron chi connectivity index (χ3n) is 2.58. The summed E-state index contributed by atoms with van der Waals surface area (Å²) in [6.45, 7) is 0. The van der Waals surface area contributed by atoms with Gasteiger partial charge >= 0.3 is 6.18 Å². The summed E-state index contributed by atoms with van der Waals surface area (Å²) in [5, 5.41) is 9.04. The van der Waals surface area contributed by atoms with Crippen LogP contribution in [-0.4, -0.2) is 0 Å². The molecule has 2 nitrogen and oxygen atoms in total. The zero-order valence-electron chi connectivity index (χ0n) is 10.1. The Bertz CT molecular complexity index is 658. The number of nitrogens with two attached hydrogens (primary N) is 1. The van der Waals surface area contributed by atoms with E-state index in [4.69, 9.17) is 11.0 Å². The molecular weight excluding hydrogens is 285 g/mol. The van der Waals surface area contributed by atoms with Crippen molar-refractivity contribution in [1.82, 2.24) is 0 Å². The zero-order chi connectivity index (χ0) is 14.8. The van der Waals surface area contributed by atoms with E-state index in [1.807, 2.05) is 6.07 Å². The second kappa shape index (κ2) is 5.47. The third-order valence-corrected chi connectivity index (χ3v) is 3.65. The van der Waals surface area contributed by atoms with Crippen LogP contribution in [0, 0.1) is 11.3 Å². The van der Waals surface area contributed by atoms with Gasteiger partial charge in [0, 0.05) is 9.79 Å². The van der Waals surface area contributed by atoms with Gasteiger partial charge in [0.1, 0.15) is 6.07 Å². The molecule has 0 heterocycles. The lowest BCUT2D eigenvalue weighted by Gasteiger charge is -2.08. The summed E-state index contributed by atoms with van der Waals surface area (Å²) in [5.74, 6) is 0. The monoisotopic (exact) mass is 294 g/mol. The van der Waals surface area contributed by atoms with Crippen LogP contribution in [0.25, 0.3) is 0 Å². The normalized spacial score (nSPS) is 11.1. The van der Waals surface area contributed by atoms with Gasteiger partial charge in [-0.2, -0.15) is 18.4 Å². The van der Waals surface area contributed by atoms with Crippen LogP contribution in [0.5, 0.6) is 0 Å². The number of hydrogen-bond donors (Lipinski definition) is 1. The molecule has 0 bridgehead atoms. The zero-order valence-corrected chi connectivity index (χ0v) is 10.9. The van der Waals surface area contributed by atoms with Crippen LogP contribution >= 0.6 is 11.8 Å². The van der Waals surface area contributed by atoms with Crippen molar-refractivity contribution >= 4 is 17.4 Å². The molecule has 0 saturated heterocycles. The SMILES string of the molecule is N#Cc1c(N)cccc1Sc1ccc(C(F)(F)F)cc1. The molecule has 0 aliphatic rings. The molecule has 0 unspecified atom stereocenters. The number of benzene rings is 2. The van der Waals surface area contributed by atoms with E-state index in [0.29, 0.717) is 21.0 Å². The Morgan fingerprint density at radius 3 is 2.25 bits per heavy atom. The summed E-state index contributed by atoms with van der Waals surface area (Å²) in [7, 11) is 0. The van der Waals surface area contributed by atoms with E-state index >= 15 is 0 Å². The number of alkyl halides is 3. The van der Waals surface area contributed by atoms with Gasteiger partial charge in [0.25, 0.3) is 0 Å². The van der Waals surface area contributed by atoms with E-state index in [-0.39, 0.29) is 0 Å². The molecule has 2 rings (SSSR count). The van der Waals surface area contributed by atoms with Crippen molar-refractivity contribution in [2.24, 2.45) is 0 Å². The van der Waals surface area contributed by atoms with Crippen molar-refractivity contribution in [3.63, 3.8) is 0 Å². The summed E-state index contributed by atoms with van der Waals surface area (Å²) in [5.41, 5.74) is 5.67. The number of nitriles is 1. The van der Waals surface area contributed by atoms with E-state index in [1.165, 1.54) is 23.9 Å². The fraction of sp³-hybridized carbons (Fsp3) is 0.0714. The highest BCUT2D eigenvalue weighted by Crippen LogP contribution is 2.35. The maximum absolute atomic E-state index is 12.5. The van der Waals surface area contributed by atoms with Crippen molar-refractivity contribution in [3.8, 4) is 6.07 Å². The molecule has 0 saturated carbocycles. The minimum Gasteiger partial charge on any atom is -0.398 e. The van der Waals surface area contributed by atoms with E-state index in [0.717, 1.165) is 12.1 Å². The first-order valence-corrected chi connectivity index (χ1v) is 6.37. The summed E-state index contributed by atoms with van der Waals surface area (Å²) in [6.07, 6.45) is -4.35. The molecule has 0 amide bonds. The van der Waals surface area contributed by atoms with Crippen LogP contribution in [0.1, 0.15) is 11.1 Å². The standard InChI is InChI=1S/C14H9F3N2S/c15-14(16,17)9-4-6-10(7-5-9)20-13-3-1-2-12(19)11(13)8-18/h1-7H,19H2. The summed E-state index contributed by atoms with van der Waals surface area (Å²) >= 11 is 1.20. The van der Waals surface area contributed by atoms with Crippen LogP contribution in [0.4, 0.5) is 18.9 Å². The third kappa shape index (κ3) is 3.06. The fourth-order valence-corrected chi connectivity index (χ4v) is 2.53. The molecule has 0 aliphatic carbocycles. The average Bonchev–Trinajstić information content (AvgIpc) is 2.38. The lowest BCUT2D eigenvalue weighted by Crippen LogP contribution is -2.03.